The van der Waals surface area contributed by atoms with Crippen LogP contribution in [0.25, 0.3) is 0 Å². The highest BCUT2D eigenvalue weighted by Gasteiger charge is 2.28. The van der Waals surface area contributed by atoms with Crippen LogP contribution in [0.1, 0.15) is 23.2 Å². The smallest absolute Gasteiger partial charge is 0.262 e. The highest BCUT2D eigenvalue weighted by molar-refractivity contribution is 9.10. The number of halogens is 1. The molecule has 0 unspecified atom stereocenters. The van der Waals surface area contributed by atoms with E-state index >= 15 is 0 Å². The lowest BCUT2D eigenvalue weighted by Crippen LogP contribution is -2.42. The molecule has 2 aromatic carbocycles. The molecule has 30 heavy (non-hydrogen) atoms. The standard InChI is InChI=1S/C22H24BrN3O4/c1-24-21(28)15-10-12-26(13-11-15)22(29)18-4-2-3-5-19(18)30-14-20(27)25-17-8-6-16(23)7-9-17/h2-9,15H,10-14H2,1H3,(H,24,28)(H,25,27). The Kier molecular flexibility index (Phi) is 7.46. The maximum atomic E-state index is 13.0. The van der Waals surface area contributed by atoms with Gasteiger partial charge in [-0.2, -0.15) is 0 Å². The number of carbonyl (C=O) groups is 3. The molecule has 158 valence electrons. The fourth-order valence-corrected chi connectivity index (χ4v) is 3.63. The van der Waals surface area contributed by atoms with Gasteiger partial charge in [0.15, 0.2) is 6.61 Å². The number of anilines is 1. The molecule has 2 N–H and O–H groups in total. The van der Waals surface area contributed by atoms with Crippen molar-refractivity contribution in [3.05, 3.63) is 58.6 Å². The van der Waals surface area contributed by atoms with Crippen LogP contribution >= 0.6 is 15.9 Å². The summed E-state index contributed by atoms with van der Waals surface area (Å²) in [6, 6.07) is 14.1. The SMILES string of the molecule is CNC(=O)C1CCN(C(=O)c2ccccc2OCC(=O)Nc2ccc(Br)cc2)CC1. The molecule has 2 aromatic rings. The van der Waals surface area contributed by atoms with Crippen molar-refractivity contribution in [2.75, 3.05) is 32.1 Å². The van der Waals surface area contributed by atoms with Gasteiger partial charge in [-0.1, -0.05) is 28.1 Å². The van der Waals surface area contributed by atoms with Crippen LogP contribution in [0.2, 0.25) is 0 Å². The molecule has 1 aliphatic rings. The van der Waals surface area contributed by atoms with Gasteiger partial charge in [0.25, 0.3) is 11.8 Å². The molecule has 7 nitrogen and oxygen atoms in total. The van der Waals surface area contributed by atoms with Crippen LogP contribution in [-0.4, -0.2) is 49.4 Å². The van der Waals surface area contributed by atoms with Crippen LogP contribution in [0, 0.1) is 5.92 Å². The van der Waals surface area contributed by atoms with Crippen LogP contribution in [0.5, 0.6) is 5.75 Å². The van der Waals surface area contributed by atoms with Crippen LogP contribution in [0.4, 0.5) is 5.69 Å². The van der Waals surface area contributed by atoms with E-state index in [-0.39, 0.29) is 30.2 Å². The molecule has 0 spiro atoms. The monoisotopic (exact) mass is 473 g/mol. The van der Waals surface area contributed by atoms with Gasteiger partial charge in [0.2, 0.25) is 5.91 Å². The molecule has 0 saturated carbocycles. The molecule has 1 heterocycles. The van der Waals surface area contributed by atoms with Crippen molar-refractivity contribution in [1.29, 1.82) is 0 Å². The molecular weight excluding hydrogens is 450 g/mol. The highest BCUT2D eigenvalue weighted by Crippen LogP contribution is 2.24. The lowest BCUT2D eigenvalue weighted by atomic mass is 9.95. The fraction of sp³-hybridized carbons (Fsp3) is 0.318. The van der Waals surface area contributed by atoms with E-state index in [1.807, 2.05) is 12.1 Å². The Hall–Kier alpha value is -2.87. The minimum Gasteiger partial charge on any atom is -0.483 e. The summed E-state index contributed by atoms with van der Waals surface area (Å²) >= 11 is 3.35. The van der Waals surface area contributed by atoms with Gasteiger partial charge < -0.3 is 20.3 Å². The first-order chi connectivity index (χ1) is 14.5. The minimum atomic E-state index is -0.314. The molecule has 0 bridgehead atoms. The maximum absolute atomic E-state index is 13.0. The molecule has 0 atom stereocenters. The van der Waals surface area contributed by atoms with Crippen LogP contribution in [-0.2, 0) is 9.59 Å². The van der Waals surface area contributed by atoms with E-state index in [2.05, 4.69) is 26.6 Å². The summed E-state index contributed by atoms with van der Waals surface area (Å²) in [4.78, 5) is 38.7. The summed E-state index contributed by atoms with van der Waals surface area (Å²) in [7, 11) is 1.63. The lowest BCUT2D eigenvalue weighted by molar-refractivity contribution is -0.125. The van der Waals surface area contributed by atoms with E-state index in [1.54, 1.807) is 48.3 Å². The molecule has 0 aromatic heterocycles. The number of benzene rings is 2. The van der Waals surface area contributed by atoms with Gasteiger partial charge in [-0.05, 0) is 49.2 Å². The fourth-order valence-electron chi connectivity index (χ4n) is 3.36. The third-order valence-corrected chi connectivity index (χ3v) is 5.53. The van der Waals surface area contributed by atoms with Crippen molar-refractivity contribution in [3.8, 4) is 5.75 Å². The third kappa shape index (κ3) is 5.60. The average molecular weight is 474 g/mol. The molecule has 0 radical (unpaired) electrons. The Labute approximate surface area is 183 Å². The Balaban J connectivity index is 1.59. The number of amides is 3. The Bertz CT molecular complexity index is 909. The third-order valence-electron chi connectivity index (χ3n) is 5.00. The first-order valence-corrected chi connectivity index (χ1v) is 10.6. The topological polar surface area (TPSA) is 87.7 Å². The molecule has 3 amide bonds. The van der Waals surface area contributed by atoms with Gasteiger partial charge in [-0.3, -0.25) is 14.4 Å². The predicted molar refractivity (Wildman–Crippen MR) is 117 cm³/mol. The summed E-state index contributed by atoms with van der Waals surface area (Å²) < 4.78 is 6.57. The number of rotatable bonds is 6. The first-order valence-electron chi connectivity index (χ1n) is 9.76. The van der Waals surface area contributed by atoms with Gasteiger partial charge in [-0.15, -0.1) is 0 Å². The molecule has 1 saturated heterocycles. The van der Waals surface area contributed by atoms with E-state index in [0.717, 1.165) is 4.47 Å². The van der Waals surface area contributed by atoms with E-state index in [4.69, 9.17) is 4.74 Å². The van der Waals surface area contributed by atoms with Crippen molar-refractivity contribution in [1.82, 2.24) is 10.2 Å². The second-order valence-electron chi connectivity index (χ2n) is 7.02. The van der Waals surface area contributed by atoms with Crippen LogP contribution in [0.15, 0.2) is 53.0 Å². The summed E-state index contributed by atoms with van der Waals surface area (Å²) in [5, 5.41) is 5.42. The molecule has 1 fully saturated rings. The number of nitrogens with zero attached hydrogens (tertiary/aromatic N) is 1. The highest BCUT2D eigenvalue weighted by atomic mass is 79.9. The summed E-state index contributed by atoms with van der Waals surface area (Å²) in [6.45, 7) is 0.809. The molecule has 1 aliphatic heterocycles. The number of hydrogen-bond acceptors (Lipinski definition) is 4. The zero-order valence-corrected chi connectivity index (χ0v) is 18.3. The van der Waals surface area contributed by atoms with Gasteiger partial charge in [-0.25, -0.2) is 0 Å². The van der Waals surface area contributed by atoms with Crippen molar-refractivity contribution in [2.24, 2.45) is 5.92 Å². The normalized spacial score (nSPS) is 14.1. The number of piperidine rings is 1. The molecule has 3 rings (SSSR count). The van der Waals surface area contributed by atoms with Gasteiger partial charge in [0.05, 0.1) is 5.56 Å². The summed E-state index contributed by atoms with van der Waals surface area (Å²) in [6.07, 6.45) is 1.26. The van der Waals surface area contributed by atoms with Crippen molar-refractivity contribution >= 4 is 39.3 Å². The Morgan fingerprint density at radius 2 is 1.73 bits per heavy atom. The average Bonchev–Trinajstić information content (AvgIpc) is 2.78. The second kappa shape index (κ2) is 10.2. The Morgan fingerprint density at radius 3 is 2.40 bits per heavy atom. The van der Waals surface area contributed by atoms with Gasteiger partial charge in [0, 0.05) is 36.2 Å². The van der Waals surface area contributed by atoms with Gasteiger partial charge in [0.1, 0.15) is 5.75 Å². The number of nitrogens with one attached hydrogen (secondary N) is 2. The molecule has 8 heteroatoms. The Morgan fingerprint density at radius 1 is 1.07 bits per heavy atom. The van der Waals surface area contributed by atoms with Gasteiger partial charge >= 0.3 is 0 Å². The minimum absolute atomic E-state index is 0.0163. The number of para-hydroxylation sites is 1. The summed E-state index contributed by atoms with van der Waals surface area (Å²) in [5.41, 5.74) is 1.07. The number of ether oxygens (including phenoxy) is 1. The van der Waals surface area contributed by atoms with Crippen molar-refractivity contribution in [2.45, 2.75) is 12.8 Å². The first kappa shape index (κ1) is 21.8. The quantitative estimate of drug-likeness (QED) is 0.674. The van der Waals surface area contributed by atoms with Crippen molar-refractivity contribution < 1.29 is 19.1 Å². The van der Waals surface area contributed by atoms with Crippen LogP contribution in [0.3, 0.4) is 0 Å². The largest absolute Gasteiger partial charge is 0.483 e. The molecule has 0 aliphatic carbocycles. The number of carbonyl (C=O) groups excluding carboxylic acids is 3. The van der Waals surface area contributed by atoms with E-state index in [0.29, 0.717) is 42.9 Å². The van der Waals surface area contributed by atoms with E-state index < -0.39 is 0 Å². The maximum Gasteiger partial charge on any atom is 0.262 e. The second-order valence-corrected chi connectivity index (χ2v) is 7.94. The lowest BCUT2D eigenvalue weighted by Gasteiger charge is -2.31. The predicted octanol–water partition coefficient (Wildman–Crippen LogP) is 3.06. The van der Waals surface area contributed by atoms with Crippen molar-refractivity contribution in [3.63, 3.8) is 0 Å². The summed E-state index contributed by atoms with van der Waals surface area (Å²) in [5.74, 6) is -0.155. The molecular formula is C22H24BrN3O4. The number of hydrogen-bond donors (Lipinski definition) is 2. The zero-order chi connectivity index (χ0) is 21.5. The van der Waals surface area contributed by atoms with E-state index in [1.165, 1.54) is 0 Å². The van der Waals surface area contributed by atoms with Crippen LogP contribution < -0.4 is 15.4 Å². The van der Waals surface area contributed by atoms with E-state index in [9.17, 15) is 14.4 Å². The number of likely N-dealkylation sites (tertiary alicyclic amines) is 1. The zero-order valence-electron chi connectivity index (χ0n) is 16.7.